The van der Waals surface area contributed by atoms with Crippen molar-refractivity contribution in [2.24, 2.45) is 0 Å². The van der Waals surface area contributed by atoms with Gasteiger partial charge in [-0.3, -0.25) is 4.79 Å². The molecule has 2 aromatic carbocycles. The summed E-state index contributed by atoms with van der Waals surface area (Å²) in [5.41, 5.74) is 7.39. The van der Waals surface area contributed by atoms with Crippen LogP contribution in [0.1, 0.15) is 11.5 Å². The zero-order valence-corrected chi connectivity index (χ0v) is 13.0. The Labute approximate surface area is 130 Å². The van der Waals surface area contributed by atoms with E-state index < -0.39 is 11.9 Å². The average molecular weight is 352 g/mol. The van der Waals surface area contributed by atoms with Crippen molar-refractivity contribution in [1.29, 1.82) is 0 Å². The minimum atomic E-state index is -0.820. The Bertz CT molecular complexity index is 604. The monoisotopic (exact) mass is 351 g/mol. The van der Waals surface area contributed by atoms with Gasteiger partial charge in [0, 0.05) is 20.8 Å². The lowest BCUT2D eigenvalue weighted by atomic mass is 10.0. The van der Waals surface area contributed by atoms with Gasteiger partial charge < -0.3 is 10.8 Å². The van der Waals surface area contributed by atoms with Crippen LogP contribution in [0.4, 0.5) is 5.69 Å². The number of anilines is 1. The second-order valence-electron chi connectivity index (χ2n) is 4.29. The number of hydrogen-bond donors (Lipinski definition) is 2. The molecule has 1 unspecified atom stereocenters. The number of carboxylic acids is 1. The number of carbonyl (C=O) groups is 1. The maximum absolute atomic E-state index is 11.4. The van der Waals surface area contributed by atoms with Gasteiger partial charge in [-0.15, -0.1) is 11.8 Å². The van der Waals surface area contributed by atoms with Crippen LogP contribution in [0, 0.1) is 0 Å². The van der Waals surface area contributed by atoms with E-state index in [1.807, 2.05) is 48.5 Å². The molecule has 0 aromatic heterocycles. The van der Waals surface area contributed by atoms with Crippen LogP contribution < -0.4 is 5.73 Å². The number of nitrogens with two attached hydrogens (primary N) is 1. The van der Waals surface area contributed by atoms with Gasteiger partial charge in [0.15, 0.2) is 0 Å². The lowest BCUT2D eigenvalue weighted by Crippen LogP contribution is -2.14. The summed E-state index contributed by atoms with van der Waals surface area (Å²) < 4.78 is 0.914. The van der Waals surface area contributed by atoms with E-state index in [9.17, 15) is 9.90 Å². The summed E-state index contributed by atoms with van der Waals surface area (Å²) in [5, 5.41) is 9.37. The lowest BCUT2D eigenvalue weighted by Gasteiger charge is -2.13. The van der Waals surface area contributed by atoms with Crippen molar-refractivity contribution in [1.82, 2.24) is 0 Å². The highest BCUT2D eigenvalue weighted by Gasteiger charge is 2.20. The number of benzene rings is 2. The van der Waals surface area contributed by atoms with Crippen LogP contribution in [-0.2, 0) is 4.79 Å². The number of halogens is 1. The highest BCUT2D eigenvalue weighted by atomic mass is 79.9. The van der Waals surface area contributed by atoms with E-state index in [0.29, 0.717) is 11.4 Å². The number of hydrogen-bond acceptors (Lipinski definition) is 3. The van der Waals surface area contributed by atoms with Crippen LogP contribution in [0.25, 0.3) is 0 Å². The van der Waals surface area contributed by atoms with Gasteiger partial charge in [0.05, 0.1) is 5.92 Å². The van der Waals surface area contributed by atoms with E-state index in [0.717, 1.165) is 14.9 Å². The quantitative estimate of drug-likeness (QED) is 0.631. The van der Waals surface area contributed by atoms with E-state index >= 15 is 0 Å². The molecule has 3 N–H and O–H groups in total. The number of aliphatic carboxylic acids is 1. The molecule has 0 fully saturated rings. The minimum absolute atomic E-state index is 0.450. The predicted molar refractivity (Wildman–Crippen MR) is 86.1 cm³/mol. The van der Waals surface area contributed by atoms with Gasteiger partial charge in [-0.1, -0.05) is 46.3 Å². The molecule has 0 aliphatic rings. The van der Waals surface area contributed by atoms with Crippen molar-refractivity contribution < 1.29 is 9.90 Å². The smallest absolute Gasteiger partial charge is 0.311 e. The third kappa shape index (κ3) is 3.77. The maximum atomic E-state index is 11.4. The average Bonchev–Trinajstić information content (AvgIpc) is 2.42. The standard InChI is InChI=1S/C15H14BrNO2S/c16-11-6-7-14(13(17)8-11)20-9-12(15(18)19)10-4-2-1-3-5-10/h1-8,12H,9,17H2,(H,18,19). The SMILES string of the molecule is Nc1cc(Br)ccc1SCC(C(=O)O)c1ccccc1. The maximum Gasteiger partial charge on any atom is 0.311 e. The Morgan fingerprint density at radius 2 is 1.95 bits per heavy atom. The molecule has 20 heavy (non-hydrogen) atoms. The van der Waals surface area contributed by atoms with Crippen LogP contribution in [0.5, 0.6) is 0 Å². The molecule has 2 aromatic rings. The fourth-order valence-corrected chi connectivity index (χ4v) is 3.27. The Balaban J connectivity index is 2.12. The first kappa shape index (κ1) is 14.9. The van der Waals surface area contributed by atoms with Crippen molar-refractivity contribution in [3.8, 4) is 0 Å². The summed E-state index contributed by atoms with van der Waals surface area (Å²) in [6, 6.07) is 14.9. The molecule has 1 atom stereocenters. The van der Waals surface area contributed by atoms with Gasteiger partial charge in [-0.2, -0.15) is 0 Å². The molecular weight excluding hydrogens is 338 g/mol. The third-order valence-corrected chi connectivity index (χ3v) is 4.55. The molecule has 0 saturated heterocycles. The summed E-state index contributed by atoms with van der Waals surface area (Å²) in [5.74, 6) is -0.908. The zero-order valence-electron chi connectivity index (χ0n) is 10.6. The Morgan fingerprint density at radius 3 is 2.55 bits per heavy atom. The van der Waals surface area contributed by atoms with Crippen LogP contribution in [-0.4, -0.2) is 16.8 Å². The largest absolute Gasteiger partial charge is 0.481 e. The van der Waals surface area contributed by atoms with Crippen molar-refractivity contribution in [3.05, 3.63) is 58.6 Å². The molecule has 0 aliphatic heterocycles. The van der Waals surface area contributed by atoms with Crippen molar-refractivity contribution in [3.63, 3.8) is 0 Å². The Morgan fingerprint density at radius 1 is 1.25 bits per heavy atom. The fraction of sp³-hybridized carbons (Fsp3) is 0.133. The van der Waals surface area contributed by atoms with Gasteiger partial charge in [-0.05, 0) is 23.8 Å². The highest BCUT2D eigenvalue weighted by molar-refractivity contribution is 9.10. The van der Waals surface area contributed by atoms with Crippen molar-refractivity contribution in [2.45, 2.75) is 10.8 Å². The van der Waals surface area contributed by atoms with Gasteiger partial charge in [0.2, 0.25) is 0 Å². The molecular formula is C15H14BrNO2S. The summed E-state index contributed by atoms with van der Waals surface area (Å²) in [4.78, 5) is 12.3. The van der Waals surface area contributed by atoms with Gasteiger partial charge in [0.1, 0.15) is 0 Å². The first-order valence-corrected chi connectivity index (χ1v) is 7.81. The van der Waals surface area contributed by atoms with E-state index in [1.54, 1.807) is 0 Å². The Kier molecular flexibility index (Phi) is 5.09. The first-order chi connectivity index (χ1) is 9.58. The summed E-state index contributed by atoms with van der Waals surface area (Å²) in [6.07, 6.45) is 0. The normalized spacial score (nSPS) is 12.1. The highest BCUT2D eigenvalue weighted by Crippen LogP contribution is 2.31. The summed E-state index contributed by atoms with van der Waals surface area (Å²) in [6.45, 7) is 0. The fourth-order valence-electron chi connectivity index (χ4n) is 1.82. The minimum Gasteiger partial charge on any atom is -0.481 e. The first-order valence-electron chi connectivity index (χ1n) is 6.03. The summed E-state index contributed by atoms with van der Waals surface area (Å²) >= 11 is 4.81. The molecule has 0 spiro atoms. The van der Waals surface area contributed by atoms with Crippen LogP contribution >= 0.6 is 27.7 Å². The number of thioether (sulfide) groups is 1. The molecule has 3 nitrogen and oxygen atoms in total. The van der Waals surface area contributed by atoms with Crippen molar-refractivity contribution in [2.75, 3.05) is 11.5 Å². The summed E-state index contributed by atoms with van der Waals surface area (Å²) in [7, 11) is 0. The Hall–Kier alpha value is -1.46. The lowest BCUT2D eigenvalue weighted by molar-refractivity contribution is -0.138. The number of nitrogen functional groups attached to an aromatic ring is 1. The van der Waals surface area contributed by atoms with Crippen LogP contribution in [0.3, 0.4) is 0 Å². The zero-order chi connectivity index (χ0) is 14.5. The van der Waals surface area contributed by atoms with E-state index in [-0.39, 0.29) is 0 Å². The van der Waals surface area contributed by atoms with Crippen molar-refractivity contribution >= 4 is 39.3 Å². The molecule has 2 rings (SSSR count). The van der Waals surface area contributed by atoms with E-state index in [2.05, 4.69) is 15.9 Å². The molecule has 0 amide bonds. The second-order valence-corrected chi connectivity index (χ2v) is 6.27. The molecule has 0 aliphatic carbocycles. The van der Waals surface area contributed by atoms with Gasteiger partial charge in [0.25, 0.3) is 0 Å². The number of rotatable bonds is 5. The molecule has 0 bridgehead atoms. The van der Waals surface area contributed by atoms with E-state index in [4.69, 9.17) is 5.73 Å². The second kappa shape index (κ2) is 6.81. The van der Waals surface area contributed by atoms with Crippen LogP contribution in [0.2, 0.25) is 0 Å². The number of carboxylic acid groups (broad SMARTS) is 1. The molecule has 5 heteroatoms. The topological polar surface area (TPSA) is 63.3 Å². The molecule has 0 radical (unpaired) electrons. The third-order valence-electron chi connectivity index (χ3n) is 2.88. The van der Waals surface area contributed by atoms with Gasteiger partial charge >= 0.3 is 5.97 Å². The van der Waals surface area contributed by atoms with E-state index in [1.165, 1.54) is 11.8 Å². The van der Waals surface area contributed by atoms with Gasteiger partial charge in [-0.25, -0.2) is 0 Å². The van der Waals surface area contributed by atoms with Crippen LogP contribution in [0.15, 0.2) is 57.9 Å². The molecule has 0 heterocycles. The molecule has 0 saturated carbocycles. The predicted octanol–water partition coefficient (Wildman–Crippen LogP) is 3.99. The molecule has 104 valence electrons.